The zero-order valence-electron chi connectivity index (χ0n) is 18.7. The summed E-state index contributed by atoms with van der Waals surface area (Å²) in [6.45, 7) is 0.758. The average Bonchev–Trinajstić information content (AvgIpc) is 2.82. The second-order valence-electron chi connectivity index (χ2n) is 7.57. The molecule has 0 radical (unpaired) electrons. The first kappa shape index (κ1) is 24.2. The van der Waals surface area contributed by atoms with E-state index in [1.807, 2.05) is 24.3 Å². The molecular formula is C25H30N2O6. The standard InChI is InChI=1S/C25H30N2O6/c1-32-24-13-20(12-22(30)25(24)33-2)27-19-6-3-16(4-7-19)9-10-26-14-23(31)17-5-8-21(29)18(11-17)15-28/h3-8,11-13,23,26-31H,9-10,14-15H2,1-2H3. The maximum absolute atomic E-state index is 10.3. The Morgan fingerprint density at radius 1 is 0.879 bits per heavy atom. The van der Waals surface area contributed by atoms with Gasteiger partial charge in [-0.25, -0.2) is 0 Å². The van der Waals surface area contributed by atoms with Gasteiger partial charge < -0.3 is 40.5 Å². The summed E-state index contributed by atoms with van der Waals surface area (Å²) >= 11 is 0. The number of hydrogen-bond donors (Lipinski definition) is 6. The number of ether oxygens (including phenoxy) is 2. The van der Waals surface area contributed by atoms with Crippen LogP contribution in [0.2, 0.25) is 0 Å². The number of aliphatic hydroxyl groups excluding tert-OH is 2. The van der Waals surface area contributed by atoms with E-state index in [1.54, 1.807) is 24.3 Å². The molecule has 0 bridgehead atoms. The highest BCUT2D eigenvalue weighted by atomic mass is 16.5. The minimum atomic E-state index is -0.736. The van der Waals surface area contributed by atoms with Gasteiger partial charge in [0, 0.05) is 35.6 Å². The lowest BCUT2D eigenvalue weighted by molar-refractivity contribution is 0.174. The van der Waals surface area contributed by atoms with Crippen molar-refractivity contribution < 1.29 is 29.9 Å². The first-order valence-electron chi connectivity index (χ1n) is 10.6. The van der Waals surface area contributed by atoms with Gasteiger partial charge in [-0.15, -0.1) is 0 Å². The zero-order chi connectivity index (χ0) is 23.8. The van der Waals surface area contributed by atoms with Crippen LogP contribution in [0.4, 0.5) is 11.4 Å². The molecule has 0 aliphatic carbocycles. The van der Waals surface area contributed by atoms with Crippen LogP contribution in [0.5, 0.6) is 23.0 Å². The smallest absolute Gasteiger partial charge is 0.203 e. The van der Waals surface area contributed by atoms with Gasteiger partial charge in [0.2, 0.25) is 5.75 Å². The Kier molecular flexibility index (Phi) is 8.37. The number of nitrogens with one attached hydrogen (secondary N) is 2. The Bertz CT molecular complexity index is 1060. The largest absolute Gasteiger partial charge is 0.508 e. The first-order valence-corrected chi connectivity index (χ1v) is 10.6. The lowest BCUT2D eigenvalue weighted by Crippen LogP contribution is -2.23. The van der Waals surface area contributed by atoms with Gasteiger partial charge in [-0.05, 0) is 48.4 Å². The molecule has 33 heavy (non-hydrogen) atoms. The average molecular weight is 455 g/mol. The second kappa shape index (κ2) is 11.4. The van der Waals surface area contributed by atoms with E-state index in [1.165, 1.54) is 20.3 Å². The van der Waals surface area contributed by atoms with Gasteiger partial charge in [0.1, 0.15) is 5.75 Å². The Morgan fingerprint density at radius 2 is 1.64 bits per heavy atom. The predicted octanol–water partition coefficient (Wildman–Crippen LogP) is 3.22. The number of benzene rings is 3. The van der Waals surface area contributed by atoms with Crippen LogP contribution < -0.4 is 20.1 Å². The molecule has 6 N–H and O–H groups in total. The van der Waals surface area contributed by atoms with Crippen molar-refractivity contribution >= 4 is 11.4 Å². The van der Waals surface area contributed by atoms with Gasteiger partial charge in [-0.3, -0.25) is 0 Å². The van der Waals surface area contributed by atoms with E-state index in [2.05, 4.69) is 10.6 Å². The van der Waals surface area contributed by atoms with Crippen LogP contribution in [0.15, 0.2) is 54.6 Å². The lowest BCUT2D eigenvalue weighted by Gasteiger charge is -2.14. The minimum absolute atomic E-state index is 0.0101. The van der Waals surface area contributed by atoms with E-state index < -0.39 is 6.10 Å². The number of aromatic hydroxyl groups is 2. The van der Waals surface area contributed by atoms with Crippen molar-refractivity contribution in [3.05, 3.63) is 71.3 Å². The maximum Gasteiger partial charge on any atom is 0.203 e. The molecule has 0 aromatic heterocycles. The van der Waals surface area contributed by atoms with Crippen molar-refractivity contribution in [1.29, 1.82) is 0 Å². The van der Waals surface area contributed by atoms with Gasteiger partial charge in [0.15, 0.2) is 11.5 Å². The van der Waals surface area contributed by atoms with E-state index in [-0.39, 0.29) is 23.9 Å². The van der Waals surface area contributed by atoms with E-state index in [0.29, 0.717) is 35.7 Å². The summed E-state index contributed by atoms with van der Waals surface area (Å²) in [4.78, 5) is 0. The molecule has 8 nitrogen and oxygen atoms in total. The van der Waals surface area contributed by atoms with E-state index >= 15 is 0 Å². The van der Waals surface area contributed by atoms with Crippen molar-refractivity contribution in [2.45, 2.75) is 19.1 Å². The van der Waals surface area contributed by atoms with Gasteiger partial charge in [-0.2, -0.15) is 0 Å². The van der Waals surface area contributed by atoms with Crippen molar-refractivity contribution in [3.8, 4) is 23.0 Å². The molecule has 3 aromatic rings. The summed E-state index contributed by atoms with van der Waals surface area (Å²) in [6, 6.07) is 16.0. The van der Waals surface area contributed by atoms with Gasteiger partial charge in [0.25, 0.3) is 0 Å². The maximum atomic E-state index is 10.3. The number of methoxy groups -OCH3 is 2. The lowest BCUT2D eigenvalue weighted by atomic mass is 10.1. The fraction of sp³-hybridized carbons (Fsp3) is 0.280. The molecule has 3 aromatic carbocycles. The highest BCUT2D eigenvalue weighted by Crippen LogP contribution is 2.39. The Hall–Kier alpha value is -3.46. The number of rotatable bonds is 11. The molecule has 176 valence electrons. The highest BCUT2D eigenvalue weighted by Gasteiger charge is 2.12. The second-order valence-corrected chi connectivity index (χ2v) is 7.57. The zero-order valence-corrected chi connectivity index (χ0v) is 18.7. The molecule has 3 rings (SSSR count). The topological polar surface area (TPSA) is 123 Å². The summed E-state index contributed by atoms with van der Waals surface area (Å²) in [5.74, 6) is 0.728. The molecule has 8 heteroatoms. The van der Waals surface area contributed by atoms with Crippen molar-refractivity contribution in [2.24, 2.45) is 0 Å². The SMILES string of the molecule is COc1cc(Nc2ccc(CCNCC(O)c3ccc(O)c(CO)c3)cc2)cc(O)c1OC. The molecule has 0 aliphatic rings. The number of anilines is 2. The van der Waals surface area contributed by atoms with Crippen LogP contribution in [-0.4, -0.2) is 47.7 Å². The third-order valence-electron chi connectivity index (χ3n) is 5.29. The summed E-state index contributed by atoms with van der Waals surface area (Å²) in [6.07, 6.45) is 0.0436. The van der Waals surface area contributed by atoms with Crippen molar-refractivity contribution in [2.75, 3.05) is 32.6 Å². The van der Waals surface area contributed by atoms with Crippen LogP contribution >= 0.6 is 0 Å². The molecule has 0 amide bonds. The van der Waals surface area contributed by atoms with Crippen LogP contribution in [0.1, 0.15) is 22.8 Å². The van der Waals surface area contributed by atoms with Gasteiger partial charge in [0.05, 0.1) is 26.9 Å². The predicted molar refractivity (Wildman–Crippen MR) is 126 cm³/mol. The number of hydrogen-bond acceptors (Lipinski definition) is 8. The van der Waals surface area contributed by atoms with Crippen molar-refractivity contribution in [1.82, 2.24) is 5.32 Å². The fourth-order valence-corrected chi connectivity index (χ4v) is 3.47. The molecule has 0 aliphatic heterocycles. The molecule has 0 saturated carbocycles. The molecular weight excluding hydrogens is 424 g/mol. The molecule has 0 spiro atoms. The first-order chi connectivity index (χ1) is 15.9. The third-order valence-corrected chi connectivity index (χ3v) is 5.29. The van der Waals surface area contributed by atoms with Gasteiger partial charge in [-0.1, -0.05) is 18.2 Å². The number of phenols is 2. The van der Waals surface area contributed by atoms with Gasteiger partial charge >= 0.3 is 0 Å². The van der Waals surface area contributed by atoms with E-state index in [0.717, 1.165) is 17.7 Å². The molecule has 0 fully saturated rings. The summed E-state index contributed by atoms with van der Waals surface area (Å²) in [7, 11) is 2.99. The third kappa shape index (κ3) is 6.29. The summed E-state index contributed by atoms with van der Waals surface area (Å²) in [5, 5.41) is 45.8. The summed E-state index contributed by atoms with van der Waals surface area (Å²) < 4.78 is 10.4. The molecule has 0 saturated heterocycles. The monoisotopic (exact) mass is 454 g/mol. The van der Waals surface area contributed by atoms with Crippen molar-refractivity contribution in [3.63, 3.8) is 0 Å². The molecule has 0 heterocycles. The Morgan fingerprint density at radius 3 is 2.30 bits per heavy atom. The Balaban J connectivity index is 1.50. The normalized spacial score (nSPS) is 11.8. The van der Waals surface area contributed by atoms with Crippen LogP contribution in [0.3, 0.4) is 0 Å². The number of phenolic OH excluding ortho intramolecular Hbond substituents is 1. The molecule has 1 unspecified atom stereocenters. The summed E-state index contributed by atoms with van der Waals surface area (Å²) in [5.41, 5.74) is 3.70. The van der Waals surface area contributed by atoms with Crippen LogP contribution in [-0.2, 0) is 13.0 Å². The number of aliphatic hydroxyl groups is 2. The minimum Gasteiger partial charge on any atom is -0.508 e. The van der Waals surface area contributed by atoms with Crippen LogP contribution in [0.25, 0.3) is 0 Å². The van der Waals surface area contributed by atoms with E-state index in [4.69, 9.17) is 9.47 Å². The molecule has 1 atom stereocenters. The Labute approximate surface area is 193 Å². The van der Waals surface area contributed by atoms with Crippen LogP contribution in [0, 0.1) is 0 Å². The fourth-order valence-electron chi connectivity index (χ4n) is 3.47. The highest BCUT2D eigenvalue weighted by molar-refractivity contribution is 5.67. The van der Waals surface area contributed by atoms with E-state index in [9.17, 15) is 20.4 Å². The quantitative estimate of drug-likeness (QED) is 0.244.